The highest BCUT2D eigenvalue weighted by atomic mass is 35.5. The molecule has 120 valence electrons. The third-order valence-corrected chi connectivity index (χ3v) is 4.13. The summed E-state index contributed by atoms with van der Waals surface area (Å²) in [5.41, 5.74) is -1.34. The lowest BCUT2D eigenvalue weighted by molar-refractivity contribution is -0.0689. The second-order valence-electron chi connectivity index (χ2n) is 4.54. The van der Waals surface area contributed by atoms with E-state index < -0.39 is 17.5 Å². The summed E-state index contributed by atoms with van der Waals surface area (Å²) >= 11 is 17.3. The number of carbonyl (C=O) groups excluding carboxylic acids is 1. The molecular weight excluding hydrogens is 372 g/mol. The molecule has 1 nitrogen and oxygen atoms in total. The predicted octanol–water partition coefficient (Wildman–Crippen LogP) is 6.48. The molecule has 0 atom stereocenters. The Morgan fingerprint density at radius 1 is 0.913 bits per heavy atom. The number of alkyl halides is 3. The van der Waals surface area contributed by atoms with E-state index in [0.29, 0.717) is 6.08 Å². The number of hydrogen-bond donors (Lipinski definition) is 0. The summed E-state index contributed by atoms with van der Waals surface area (Å²) in [6.45, 7) is 0. The Bertz CT molecular complexity index is 745. The zero-order valence-electron chi connectivity index (χ0n) is 11.3. The van der Waals surface area contributed by atoms with E-state index in [1.165, 1.54) is 12.1 Å². The SMILES string of the molecule is O=C(/C=C(/c1cc(Cl)c(Cl)c(Cl)c1)C(F)(F)F)c1ccccc1. The molecule has 0 aliphatic carbocycles. The van der Waals surface area contributed by atoms with Crippen molar-refractivity contribution < 1.29 is 18.0 Å². The largest absolute Gasteiger partial charge is 0.417 e. The van der Waals surface area contributed by atoms with Crippen molar-refractivity contribution in [2.24, 2.45) is 0 Å². The number of rotatable bonds is 3. The lowest BCUT2D eigenvalue weighted by atomic mass is 10.0. The first kappa shape index (κ1) is 17.9. The fraction of sp³-hybridized carbons (Fsp3) is 0.0625. The van der Waals surface area contributed by atoms with Gasteiger partial charge in [0.05, 0.1) is 20.6 Å². The smallest absolute Gasteiger partial charge is 0.289 e. The Hall–Kier alpha value is -1.49. The quantitative estimate of drug-likeness (QED) is 0.339. The van der Waals surface area contributed by atoms with Crippen molar-refractivity contribution in [1.29, 1.82) is 0 Å². The van der Waals surface area contributed by atoms with E-state index in [2.05, 4.69) is 0 Å². The summed E-state index contributed by atoms with van der Waals surface area (Å²) in [7, 11) is 0. The third-order valence-electron chi connectivity index (χ3n) is 2.93. The third kappa shape index (κ3) is 4.28. The summed E-state index contributed by atoms with van der Waals surface area (Å²) in [4.78, 5) is 12.0. The van der Waals surface area contributed by atoms with Crippen LogP contribution >= 0.6 is 34.8 Å². The molecule has 0 heterocycles. The molecule has 0 aromatic heterocycles. The molecule has 0 spiro atoms. The van der Waals surface area contributed by atoms with Gasteiger partial charge in [0.15, 0.2) is 5.78 Å². The van der Waals surface area contributed by atoms with Crippen LogP contribution in [0.15, 0.2) is 48.5 Å². The van der Waals surface area contributed by atoms with Crippen molar-refractivity contribution in [2.45, 2.75) is 6.18 Å². The Kier molecular flexibility index (Phi) is 5.40. The zero-order chi connectivity index (χ0) is 17.2. The second-order valence-corrected chi connectivity index (χ2v) is 5.73. The van der Waals surface area contributed by atoms with Gasteiger partial charge in [-0.1, -0.05) is 65.1 Å². The van der Waals surface area contributed by atoms with Gasteiger partial charge in [0.1, 0.15) is 0 Å². The summed E-state index contributed by atoms with van der Waals surface area (Å²) in [6.07, 6.45) is -4.24. The fourth-order valence-electron chi connectivity index (χ4n) is 1.86. The average Bonchev–Trinajstić information content (AvgIpc) is 2.49. The second kappa shape index (κ2) is 6.95. The van der Waals surface area contributed by atoms with E-state index in [4.69, 9.17) is 34.8 Å². The lowest BCUT2D eigenvalue weighted by Crippen LogP contribution is -2.13. The van der Waals surface area contributed by atoms with Gasteiger partial charge in [-0.05, 0) is 23.8 Å². The minimum atomic E-state index is -4.76. The number of carbonyl (C=O) groups is 1. The van der Waals surface area contributed by atoms with Crippen LogP contribution in [0.2, 0.25) is 15.1 Å². The maximum atomic E-state index is 13.3. The first-order chi connectivity index (χ1) is 10.7. The Morgan fingerprint density at radius 3 is 1.91 bits per heavy atom. The lowest BCUT2D eigenvalue weighted by Gasteiger charge is -2.13. The van der Waals surface area contributed by atoms with Gasteiger partial charge >= 0.3 is 6.18 Å². The molecule has 0 saturated carbocycles. The van der Waals surface area contributed by atoms with Crippen LogP contribution in [0.25, 0.3) is 5.57 Å². The van der Waals surface area contributed by atoms with Gasteiger partial charge < -0.3 is 0 Å². The standard InChI is InChI=1S/C16H8Cl3F3O/c17-12-6-10(7-13(18)15(12)19)11(16(20,21)22)8-14(23)9-4-2-1-3-5-9/h1-8H/b11-8-. The number of hydrogen-bond acceptors (Lipinski definition) is 1. The summed E-state index contributed by atoms with van der Waals surface area (Å²) in [5.74, 6) is -0.778. The molecule has 0 radical (unpaired) electrons. The fourth-order valence-corrected chi connectivity index (χ4v) is 2.45. The molecule has 0 fully saturated rings. The van der Waals surface area contributed by atoms with Gasteiger partial charge in [-0.15, -0.1) is 0 Å². The van der Waals surface area contributed by atoms with Crippen molar-refractivity contribution in [1.82, 2.24) is 0 Å². The highest BCUT2D eigenvalue weighted by Crippen LogP contribution is 2.39. The van der Waals surface area contributed by atoms with Gasteiger partial charge in [-0.3, -0.25) is 4.79 Å². The van der Waals surface area contributed by atoms with Gasteiger partial charge in [0.2, 0.25) is 0 Å². The average molecular weight is 380 g/mol. The Balaban J connectivity index is 2.55. The number of benzene rings is 2. The van der Waals surface area contributed by atoms with Gasteiger partial charge in [0, 0.05) is 5.56 Å². The molecule has 0 N–H and O–H groups in total. The highest BCUT2D eigenvalue weighted by molar-refractivity contribution is 6.48. The predicted molar refractivity (Wildman–Crippen MR) is 86.3 cm³/mol. The minimum absolute atomic E-state index is 0.0482. The normalized spacial score (nSPS) is 12.3. The number of ketones is 1. The molecule has 0 aliphatic rings. The molecule has 0 unspecified atom stereocenters. The van der Waals surface area contributed by atoms with Crippen LogP contribution in [-0.2, 0) is 0 Å². The first-order valence-corrected chi connectivity index (χ1v) is 7.36. The number of allylic oxidation sites excluding steroid dienone is 2. The monoisotopic (exact) mass is 378 g/mol. The van der Waals surface area contributed by atoms with Gasteiger partial charge in [-0.25, -0.2) is 0 Å². The Morgan fingerprint density at radius 2 is 1.43 bits per heavy atom. The molecular formula is C16H8Cl3F3O. The van der Waals surface area contributed by atoms with Crippen molar-refractivity contribution >= 4 is 46.2 Å². The van der Waals surface area contributed by atoms with E-state index >= 15 is 0 Å². The highest BCUT2D eigenvalue weighted by Gasteiger charge is 2.36. The van der Waals surface area contributed by atoms with E-state index in [-0.39, 0.29) is 26.2 Å². The molecule has 0 saturated heterocycles. The van der Waals surface area contributed by atoms with Crippen LogP contribution in [0.4, 0.5) is 13.2 Å². The molecule has 0 amide bonds. The molecule has 23 heavy (non-hydrogen) atoms. The summed E-state index contributed by atoms with van der Waals surface area (Å²) in [6, 6.07) is 9.67. The van der Waals surface area contributed by atoms with Crippen LogP contribution in [-0.4, -0.2) is 12.0 Å². The first-order valence-electron chi connectivity index (χ1n) is 6.23. The molecule has 0 bridgehead atoms. The van der Waals surface area contributed by atoms with Crippen molar-refractivity contribution in [2.75, 3.05) is 0 Å². The van der Waals surface area contributed by atoms with Crippen molar-refractivity contribution in [3.05, 3.63) is 74.7 Å². The molecule has 0 aliphatic heterocycles. The summed E-state index contributed by atoms with van der Waals surface area (Å²) in [5, 5.41) is -0.305. The maximum absolute atomic E-state index is 13.3. The molecule has 7 heteroatoms. The number of halogens is 6. The summed E-state index contributed by atoms with van der Waals surface area (Å²) < 4.78 is 39.9. The van der Waals surface area contributed by atoms with Crippen molar-refractivity contribution in [3.8, 4) is 0 Å². The van der Waals surface area contributed by atoms with Crippen LogP contribution in [0.1, 0.15) is 15.9 Å². The zero-order valence-corrected chi connectivity index (χ0v) is 13.6. The van der Waals surface area contributed by atoms with Crippen LogP contribution in [0, 0.1) is 0 Å². The van der Waals surface area contributed by atoms with Crippen molar-refractivity contribution in [3.63, 3.8) is 0 Å². The maximum Gasteiger partial charge on any atom is 0.417 e. The minimum Gasteiger partial charge on any atom is -0.289 e. The molecule has 2 aromatic rings. The molecule has 2 aromatic carbocycles. The van der Waals surface area contributed by atoms with Crippen LogP contribution in [0.3, 0.4) is 0 Å². The van der Waals surface area contributed by atoms with E-state index in [1.807, 2.05) is 0 Å². The van der Waals surface area contributed by atoms with Gasteiger partial charge in [0.25, 0.3) is 0 Å². The van der Waals surface area contributed by atoms with E-state index in [9.17, 15) is 18.0 Å². The topological polar surface area (TPSA) is 17.1 Å². The van der Waals surface area contributed by atoms with Crippen LogP contribution < -0.4 is 0 Å². The van der Waals surface area contributed by atoms with E-state index in [1.54, 1.807) is 18.2 Å². The van der Waals surface area contributed by atoms with Gasteiger partial charge in [-0.2, -0.15) is 13.2 Å². The van der Waals surface area contributed by atoms with E-state index in [0.717, 1.165) is 12.1 Å². The van der Waals surface area contributed by atoms with Crippen LogP contribution in [0.5, 0.6) is 0 Å². The Labute approximate surface area is 145 Å². The molecule has 2 rings (SSSR count).